The molecule has 2 heterocycles. The lowest BCUT2D eigenvalue weighted by Crippen LogP contribution is -2.22. The number of hydrogen-bond acceptors (Lipinski definition) is 2. The lowest BCUT2D eigenvalue weighted by molar-refractivity contribution is 0.0558. The Kier molecular flexibility index (Phi) is 3.76. The molecule has 2 rings (SSSR count). The van der Waals surface area contributed by atoms with Gasteiger partial charge in [0, 0.05) is 17.2 Å². The fourth-order valence-corrected chi connectivity index (χ4v) is 2.74. The van der Waals surface area contributed by atoms with E-state index >= 15 is 0 Å². The SMILES string of the molecule is CC1CCC(C(Br)Cc2ccncc2)O1. The second-order valence-electron chi connectivity index (χ2n) is 4.14. The summed E-state index contributed by atoms with van der Waals surface area (Å²) in [5.74, 6) is 0. The highest BCUT2D eigenvalue weighted by atomic mass is 79.9. The first-order chi connectivity index (χ1) is 7.25. The molecular weight excluding hydrogens is 254 g/mol. The Balaban J connectivity index is 1.90. The maximum Gasteiger partial charge on any atom is 0.0707 e. The zero-order valence-corrected chi connectivity index (χ0v) is 10.5. The molecule has 0 saturated carbocycles. The molecule has 0 aliphatic carbocycles. The van der Waals surface area contributed by atoms with Crippen molar-refractivity contribution in [3.8, 4) is 0 Å². The summed E-state index contributed by atoms with van der Waals surface area (Å²) in [7, 11) is 0. The van der Waals surface area contributed by atoms with Crippen LogP contribution in [-0.2, 0) is 11.2 Å². The smallest absolute Gasteiger partial charge is 0.0707 e. The first-order valence-corrected chi connectivity index (χ1v) is 6.35. The minimum Gasteiger partial charge on any atom is -0.374 e. The number of ether oxygens (including phenoxy) is 1. The van der Waals surface area contributed by atoms with Crippen LogP contribution in [-0.4, -0.2) is 22.0 Å². The standard InChI is InChI=1S/C12H16BrNO/c1-9-2-3-12(15-9)11(13)8-10-4-6-14-7-5-10/h4-7,9,11-12H,2-3,8H2,1H3. The number of rotatable bonds is 3. The van der Waals surface area contributed by atoms with Gasteiger partial charge in [0.1, 0.15) is 0 Å². The number of nitrogens with zero attached hydrogens (tertiary/aromatic N) is 1. The third kappa shape index (κ3) is 3.02. The van der Waals surface area contributed by atoms with Gasteiger partial charge in [-0.3, -0.25) is 4.98 Å². The Morgan fingerprint density at radius 2 is 2.20 bits per heavy atom. The number of alkyl halides is 1. The third-order valence-electron chi connectivity index (χ3n) is 2.85. The third-order valence-corrected chi connectivity index (χ3v) is 3.76. The summed E-state index contributed by atoms with van der Waals surface area (Å²) in [5, 5.41) is 0. The molecular formula is C12H16BrNO. The van der Waals surface area contributed by atoms with Crippen LogP contribution in [0.5, 0.6) is 0 Å². The topological polar surface area (TPSA) is 22.1 Å². The Bertz CT molecular complexity index is 304. The van der Waals surface area contributed by atoms with Gasteiger partial charge in [-0.1, -0.05) is 15.9 Å². The van der Waals surface area contributed by atoms with Crippen LogP contribution in [0, 0.1) is 0 Å². The van der Waals surface area contributed by atoms with Gasteiger partial charge in [0.05, 0.1) is 12.2 Å². The Morgan fingerprint density at radius 3 is 2.80 bits per heavy atom. The van der Waals surface area contributed by atoms with Crippen molar-refractivity contribution in [1.82, 2.24) is 4.98 Å². The van der Waals surface area contributed by atoms with Gasteiger partial charge in [-0.05, 0) is 43.9 Å². The van der Waals surface area contributed by atoms with E-state index in [2.05, 4.69) is 40.0 Å². The van der Waals surface area contributed by atoms with Crippen molar-refractivity contribution in [2.24, 2.45) is 0 Å². The van der Waals surface area contributed by atoms with Gasteiger partial charge in [-0.2, -0.15) is 0 Å². The normalized spacial score (nSPS) is 27.9. The minimum atomic E-state index is 0.369. The maximum absolute atomic E-state index is 5.83. The van der Waals surface area contributed by atoms with Crippen LogP contribution in [0.15, 0.2) is 24.5 Å². The predicted molar refractivity (Wildman–Crippen MR) is 64.2 cm³/mol. The van der Waals surface area contributed by atoms with Crippen LogP contribution in [0.4, 0.5) is 0 Å². The van der Waals surface area contributed by atoms with Crippen molar-refractivity contribution < 1.29 is 4.74 Å². The molecule has 3 unspecified atom stereocenters. The van der Waals surface area contributed by atoms with Crippen LogP contribution >= 0.6 is 15.9 Å². The van der Waals surface area contributed by atoms with Crippen LogP contribution in [0.3, 0.4) is 0 Å². The molecule has 1 aromatic heterocycles. The molecule has 1 aliphatic rings. The molecule has 1 aromatic rings. The number of hydrogen-bond donors (Lipinski definition) is 0. The highest BCUT2D eigenvalue weighted by molar-refractivity contribution is 9.09. The van der Waals surface area contributed by atoms with E-state index in [1.54, 1.807) is 0 Å². The number of pyridine rings is 1. The predicted octanol–water partition coefficient (Wildman–Crippen LogP) is 2.96. The first-order valence-electron chi connectivity index (χ1n) is 5.44. The highest BCUT2D eigenvalue weighted by Crippen LogP contribution is 2.27. The molecule has 2 nitrogen and oxygen atoms in total. The molecule has 0 N–H and O–H groups in total. The van der Waals surface area contributed by atoms with Crippen LogP contribution < -0.4 is 0 Å². The summed E-state index contributed by atoms with van der Waals surface area (Å²) >= 11 is 3.72. The van der Waals surface area contributed by atoms with Gasteiger partial charge >= 0.3 is 0 Å². The average molecular weight is 270 g/mol. The van der Waals surface area contributed by atoms with Gasteiger partial charge < -0.3 is 4.74 Å². The molecule has 3 heteroatoms. The van der Waals surface area contributed by atoms with Crippen LogP contribution in [0.1, 0.15) is 25.3 Å². The second-order valence-corrected chi connectivity index (χ2v) is 5.31. The molecule has 0 spiro atoms. The molecule has 3 atom stereocenters. The molecule has 0 bridgehead atoms. The molecule has 0 aromatic carbocycles. The zero-order valence-electron chi connectivity index (χ0n) is 8.90. The van der Waals surface area contributed by atoms with E-state index in [4.69, 9.17) is 4.74 Å². The molecule has 1 fully saturated rings. The van der Waals surface area contributed by atoms with Crippen LogP contribution in [0.2, 0.25) is 0 Å². The lowest BCUT2D eigenvalue weighted by atomic mass is 10.1. The molecule has 82 valence electrons. The molecule has 0 radical (unpaired) electrons. The van der Waals surface area contributed by atoms with E-state index in [0.29, 0.717) is 17.0 Å². The summed E-state index contributed by atoms with van der Waals surface area (Å²) in [5.41, 5.74) is 1.31. The molecule has 1 saturated heterocycles. The fourth-order valence-electron chi connectivity index (χ4n) is 1.98. The summed E-state index contributed by atoms with van der Waals surface area (Å²) in [6, 6.07) is 4.12. The van der Waals surface area contributed by atoms with E-state index < -0.39 is 0 Å². The minimum absolute atomic E-state index is 0.369. The second kappa shape index (κ2) is 5.08. The van der Waals surface area contributed by atoms with E-state index in [-0.39, 0.29) is 0 Å². The van der Waals surface area contributed by atoms with Crippen LogP contribution in [0.25, 0.3) is 0 Å². The maximum atomic E-state index is 5.83. The van der Waals surface area contributed by atoms with E-state index in [0.717, 1.165) is 6.42 Å². The summed E-state index contributed by atoms with van der Waals surface area (Å²) in [6.07, 6.45) is 7.84. The van der Waals surface area contributed by atoms with E-state index in [1.807, 2.05) is 12.4 Å². The molecule has 0 amide bonds. The number of aromatic nitrogens is 1. The van der Waals surface area contributed by atoms with Crippen molar-refractivity contribution in [1.29, 1.82) is 0 Å². The van der Waals surface area contributed by atoms with E-state index in [1.165, 1.54) is 18.4 Å². The lowest BCUT2D eigenvalue weighted by Gasteiger charge is -2.17. The van der Waals surface area contributed by atoms with Gasteiger partial charge in [0.25, 0.3) is 0 Å². The fraction of sp³-hybridized carbons (Fsp3) is 0.583. The highest BCUT2D eigenvalue weighted by Gasteiger charge is 2.27. The van der Waals surface area contributed by atoms with Crippen molar-refractivity contribution in [2.75, 3.05) is 0 Å². The first kappa shape index (κ1) is 11.1. The molecule has 15 heavy (non-hydrogen) atoms. The monoisotopic (exact) mass is 269 g/mol. The van der Waals surface area contributed by atoms with Gasteiger partial charge in [-0.15, -0.1) is 0 Å². The van der Waals surface area contributed by atoms with E-state index in [9.17, 15) is 0 Å². The van der Waals surface area contributed by atoms with Crippen molar-refractivity contribution in [3.05, 3.63) is 30.1 Å². The summed E-state index contributed by atoms with van der Waals surface area (Å²) in [6.45, 7) is 2.14. The largest absolute Gasteiger partial charge is 0.374 e. The van der Waals surface area contributed by atoms with Gasteiger partial charge in [0.15, 0.2) is 0 Å². The average Bonchev–Trinajstić information content (AvgIpc) is 2.66. The van der Waals surface area contributed by atoms with Gasteiger partial charge in [-0.25, -0.2) is 0 Å². The molecule has 1 aliphatic heterocycles. The number of halogens is 1. The van der Waals surface area contributed by atoms with Gasteiger partial charge in [0.2, 0.25) is 0 Å². The summed E-state index contributed by atoms with van der Waals surface area (Å²) < 4.78 is 5.83. The quantitative estimate of drug-likeness (QED) is 0.788. The zero-order chi connectivity index (χ0) is 10.7. The Morgan fingerprint density at radius 1 is 1.47 bits per heavy atom. The Hall–Kier alpha value is -0.410. The summed E-state index contributed by atoms with van der Waals surface area (Å²) in [4.78, 5) is 4.44. The van der Waals surface area contributed by atoms with Crippen molar-refractivity contribution in [2.45, 2.75) is 43.2 Å². The van der Waals surface area contributed by atoms with Crippen molar-refractivity contribution >= 4 is 15.9 Å². The Labute approximate surface area is 99.2 Å². The van der Waals surface area contributed by atoms with Crippen molar-refractivity contribution in [3.63, 3.8) is 0 Å².